The smallest absolute Gasteiger partial charge is 0.305 e. The number of hydrogen-bond acceptors (Lipinski definition) is 6. The van der Waals surface area contributed by atoms with E-state index in [4.69, 9.17) is 20.6 Å². The van der Waals surface area contributed by atoms with Crippen LogP contribution < -0.4 is 10.5 Å². The molecule has 38 heavy (non-hydrogen) atoms. The Balaban J connectivity index is 1.39. The Kier molecular flexibility index (Phi) is 8.93. The monoisotopic (exact) mass is 511 g/mol. The van der Waals surface area contributed by atoms with Gasteiger partial charge in [-0.15, -0.1) is 0 Å². The number of ketones is 1. The van der Waals surface area contributed by atoms with Crippen LogP contribution in [0.5, 0.6) is 5.75 Å². The first-order chi connectivity index (χ1) is 18.4. The van der Waals surface area contributed by atoms with Crippen LogP contribution in [-0.4, -0.2) is 48.8 Å². The van der Waals surface area contributed by atoms with Gasteiger partial charge in [-0.05, 0) is 48.1 Å². The van der Waals surface area contributed by atoms with Crippen molar-refractivity contribution in [2.24, 2.45) is 5.73 Å². The number of aryl methyl sites for hydroxylation is 1. The summed E-state index contributed by atoms with van der Waals surface area (Å²) in [5, 5.41) is 7.53. The first kappa shape index (κ1) is 26.7. The van der Waals surface area contributed by atoms with E-state index in [2.05, 4.69) is 12.1 Å². The van der Waals surface area contributed by atoms with Gasteiger partial charge in [0, 0.05) is 30.3 Å². The fraction of sp³-hybridized carbons (Fsp3) is 0.258. The lowest BCUT2D eigenvalue weighted by molar-refractivity contribution is -0.140. The van der Waals surface area contributed by atoms with E-state index in [0.29, 0.717) is 29.9 Å². The van der Waals surface area contributed by atoms with Crippen LogP contribution in [0, 0.1) is 5.41 Å². The van der Waals surface area contributed by atoms with Crippen molar-refractivity contribution >= 4 is 17.6 Å². The minimum absolute atomic E-state index is 0.00389. The van der Waals surface area contributed by atoms with Crippen LogP contribution in [0.3, 0.4) is 0 Å². The summed E-state index contributed by atoms with van der Waals surface area (Å²) in [6.07, 6.45) is 4.23. The Hall–Kier alpha value is -4.39. The zero-order valence-corrected chi connectivity index (χ0v) is 21.6. The number of benzene rings is 3. The summed E-state index contributed by atoms with van der Waals surface area (Å²) in [7, 11) is 1.35. The molecule has 0 radical (unpaired) electrons. The number of nitrogen functional groups attached to an aromatic ring is 1. The normalized spacial score (nSPS) is 14.8. The number of carbonyl (C=O) groups excluding carboxylic acids is 2. The van der Waals surface area contributed by atoms with Gasteiger partial charge in [0.05, 0.1) is 7.11 Å². The third-order valence-electron chi connectivity index (χ3n) is 6.68. The highest BCUT2D eigenvalue weighted by Crippen LogP contribution is 2.26. The van der Waals surface area contributed by atoms with E-state index in [1.807, 2.05) is 77.8 Å². The highest BCUT2D eigenvalue weighted by atomic mass is 16.5. The van der Waals surface area contributed by atoms with Crippen LogP contribution in [0.15, 0.2) is 90.6 Å². The largest absolute Gasteiger partial charge is 0.491 e. The Morgan fingerprint density at radius 1 is 0.947 bits per heavy atom. The molecule has 0 saturated heterocycles. The van der Waals surface area contributed by atoms with Gasteiger partial charge in [0.2, 0.25) is 0 Å². The first-order valence-electron chi connectivity index (χ1n) is 12.7. The molecule has 3 N–H and O–H groups in total. The van der Waals surface area contributed by atoms with Crippen molar-refractivity contribution in [2.45, 2.75) is 31.7 Å². The van der Waals surface area contributed by atoms with Crippen molar-refractivity contribution in [3.05, 3.63) is 102 Å². The number of hydrogen-bond donors (Lipinski definition) is 2. The van der Waals surface area contributed by atoms with E-state index < -0.39 is 6.04 Å². The summed E-state index contributed by atoms with van der Waals surface area (Å²) in [6.45, 7) is 0.931. The maximum atomic E-state index is 13.2. The Morgan fingerprint density at radius 2 is 1.61 bits per heavy atom. The molecule has 7 nitrogen and oxygen atoms in total. The number of nitrogens with two attached hydrogens (primary N) is 1. The van der Waals surface area contributed by atoms with Crippen LogP contribution >= 0.6 is 0 Å². The van der Waals surface area contributed by atoms with Gasteiger partial charge >= 0.3 is 5.97 Å². The molecule has 0 spiro atoms. The molecule has 3 aromatic carbocycles. The lowest BCUT2D eigenvalue weighted by Crippen LogP contribution is -2.38. The molecule has 196 valence electrons. The molecule has 1 heterocycles. The summed E-state index contributed by atoms with van der Waals surface area (Å²) < 4.78 is 10.8. The number of Topliss-reactive ketones (excluding diaryl/α,β-unsaturated/α-hetero) is 1. The van der Waals surface area contributed by atoms with Crippen molar-refractivity contribution in [3.8, 4) is 16.9 Å². The van der Waals surface area contributed by atoms with E-state index in [-0.39, 0.29) is 30.6 Å². The topological polar surface area (TPSA) is 106 Å². The summed E-state index contributed by atoms with van der Waals surface area (Å²) in [5.41, 5.74) is 10.1. The van der Waals surface area contributed by atoms with Crippen molar-refractivity contribution < 1.29 is 19.1 Å². The number of amidine groups is 1. The SMILES string of the molecule is COC(=O)CCC1=CN(CCCc2ccccc2)C(COc2ccc(-c3ccc(C(=N)N)cc3)cc2)C1=O. The molecule has 1 atom stereocenters. The lowest BCUT2D eigenvalue weighted by atomic mass is 10.0. The van der Waals surface area contributed by atoms with E-state index in [9.17, 15) is 9.59 Å². The average Bonchev–Trinajstić information content (AvgIpc) is 3.25. The zero-order chi connectivity index (χ0) is 26.9. The molecule has 7 heteroatoms. The molecule has 0 aliphatic carbocycles. The quantitative estimate of drug-likeness (QED) is 0.207. The molecule has 1 aliphatic heterocycles. The lowest BCUT2D eigenvalue weighted by Gasteiger charge is -2.24. The number of esters is 1. The number of carbonyl (C=O) groups is 2. The fourth-order valence-corrected chi connectivity index (χ4v) is 4.51. The molecule has 3 aromatic rings. The summed E-state index contributed by atoms with van der Waals surface area (Å²) >= 11 is 0. The molecular weight excluding hydrogens is 478 g/mol. The number of methoxy groups -OCH3 is 1. The van der Waals surface area contributed by atoms with Crippen LogP contribution in [0.2, 0.25) is 0 Å². The standard InChI is InChI=1S/C31H33N3O4/c1-37-29(35)18-15-26-20-34(19-5-8-22-6-3-2-4-7-22)28(30(26)36)21-38-27-16-13-24(14-17-27)23-9-11-25(12-10-23)31(32)33/h2-4,6-7,9-14,16-17,20,28H,5,8,15,18-19,21H2,1H3,(H3,32,33). The third kappa shape index (κ3) is 6.88. The second-order valence-electron chi connectivity index (χ2n) is 9.26. The van der Waals surface area contributed by atoms with Crippen LogP contribution in [-0.2, 0) is 20.7 Å². The number of nitrogens with zero attached hydrogens (tertiary/aromatic N) is 1. The van der Waals surface area contributed by atoms with Gasteiger partial charge in [0.1, 0.15) is 24.2 Å². The molecule has 4 rings (SSSR count). The zero-order valence-electron chi connectivity index (χ0n) is 21.6. The van der Waals surface area contributed by atoms with Crippen molar-refractivity contribution in [2.75, 3.05) is 20.3 Å². The van der Waals surface area contributed by atoms with E-state index >= 15 is 0 Å². The summed E-state index contributed by atoms with van der Waals surface area (Å²) in [5.74, 6) is 0.383. The Bertz CT molecular complexity index is 1280. The minimum atomic E-state index is -0.433. The van der Waals surface area contributed by atoms with Gasteiger partial charge in [-0.1, -0.05) is 66.7 Å². The molecular formula is C31H33N3O4. The Morgan fingerprint density at radius 3 is 2.24 bits per heavy atom. The van der Waals surface area contributed by atoms with E-state index in [1.54, 1.807) is 0 Å². The number of rotatable bonds is 12. The maximum absolute atomic E-state index is 13.2. The second kappa shape index (κ2) is 12.7. The van der Waals surface area contributed by atoms with Crippen molar-refractivity contribution in [1.29, 1.82) is 5.41 Å². The second-order valence-corrected chi connectivity index (χ2v) is 9.26. The van der Waals surface area contributed by atoms with Gasteiger partial charge in [-0.3, -0.25) is 15.0 Å². The maximum Gasteiger partial charge on any atom is 0.305 e. The third-order valence-corrected chi connectivity index (χ3v) is 6.68. The molecule has 1 unspecified atom stereocenters. The predicted molar refractivity (Wildman–Crippen MR) is 148 cm³/mol. The van der Waals surface area contributed by atoms with Gasteiger partial charge < -0.3 is 20.1 Å². The highest BCUT2D eigenvalue weighted by molar-refractivity contribution is 6.02. The van der Waals surface area contributed by atoms with Gasteiger partial charge in [-0.25, -0.2) is 0 Å². The molecule has 1 aliphatic rings. The van der Waals surface area contributed by atoms with Crippen LogP contribution in [0.4, 0.5) is 0 Å². The van der Waals surface area contributed by atoms with E-state index in [1.165, 1.54) is 12.7 Å². The van der Waals surface area contributed by atoms with Gasteiger partial charge in [0.15, 0.2) is 5.78 Å². The van der Waals surface area contributed by atoms with Crippen molar-refractivity contribution in [1.82, 2.24) is 4.90 Å². The van der Waals surface area contributed by atoms with Crippen LogP contribution in [0.1, 0.15) is 30.4 Å². The highest BCUT2D eigenvalue weighted by Gasteiger charge is 2.33. The first-order valence-corrected chi connectivity index (χ1v) is 12.7. The minimum Gasteiger partial charge on any atom is -0.491 e. The molecule has 0 amide bonds. The molecule has 0 aromatic heterocycles. The molecule has 0 saturated carbocycles. The fourth-order valence-electron chi connectivity index (χ4n) is 4.51. The number of ether oxygens (including phenoxy) is 2. The Labute approximate surface area is 223 Å². The molecule has 0 bridgehead atoms. The van der Waals surface area contributed by atoms with Gasteiger partial charge in [0.25, 0.3) is 0 Å². The van der Waals surface area contributed by atoms with Crippen LogP contribution in [0.25, 0.3) is 11.1 Å². The summed E-state index contributed by atoms with van der Waals surface area (Å²) in [4.78, 5) is 26.9. The van der Waals surface area contributed by atoms with E-state index in [0.717, 1.165) is 24.0 Å². The number of nitrogens with one attached hydrogen (secondary N) is 1. The average molecular weight is 512 g/mol. The summed E-state index contributed by atoms with van der Waals surface area (Å²) in [6, 6.07) is 25.1. The predicted octanol–water partition coefficient (Wildman–Crippen LogP) is 4.74. The van der Waals surface area contributed by atoms with Gasteiger partial charge in [-0.2, -0.15) is 0 Å². The van der Waals surface area contributed by atoms with Crippen molar-refractivity contribution in [3.63, 3.8) is 0 Å². The molecule has 0 fully saturated rings.